The van der Waals surface area contributed by atoms with Gasteiger partial charge in [0.05, 0.1) is 0 Å². The number of nitrogens with zero attached hydrogens (tertiary/aromatic N) is 2. The van der Waals surface area contributed by atoms with Crippen LogP contribution in [0.3, 0.4) is 0 Å². The molecule has 0 aromatic heterocycles. The summed E-state index contributed by atoms with van der Waals surface area (Å²) in [7, 11) is 3.79. The Balaban J connectivity index is 2.65. The van der Waals surface area contributed by atoms with E-state index < -0.39 is 5.54 Å². The van der Waals surface area contributed by atoms with Crippen LogP contribution >= 0.6 is 0 Å². The minimum atomic E-state index is -0.639. The Kier molecular flexibility index (Phi) is 2.93. The average Bonchev–Trinajstić information content (AvgIpc) is 2.45. The van der Waals surface area contributed by atoms with Gasteiger partial charge in [0.1, 0.15) is 5.54 Å². The van der Waals surface area contributed by atoms with Crippen molar-refractivity contribution in [2.45, 2.75) is 18.9 Å². The van der Waals surface area contributed by atoms with Crippen molar-refractivity contribution < 1.29 is 4.79 Å². The topological polar surface area (TPSA) is 49.6 Å². The summed E-state index contributed by atoms with van der Waals surface area (Å²) in [5.74, 6) is 0.0688. The summed E-state index contributed by atoms with van der Waals surface area (Å²) in [5, 5.41) is 0. The van der Waals surface area contributed by atoms with Gasteiger partial charge in [-0.15, -0.1) is 0 Å². The largest absolute Gasteiger partial charge is 0.344 e. The third-order valence-electron chi connectivity index (χ3n) is 2.74. The summed E-state index contributed by atoms with van der Waals surface area (Å²) >= 11 is 0. The number of carbonyl (C=O) groups is 1. The molecule has 1 heterocycles. The predicted octanol–water partition coefficient (Wildman–Crippen LogP) is -0.502. The highest BCUT2D eigenvalue weighted by molar-refractivity contribution is 5.86. The van der Waals surface area contributed by atoms with E-state index in [1.807, 2.05) is 14.0 Å². The molecule has 1 fully saturated rings. The number of likely N-dealkylation sites (tertiary alicyclic amines) is 1. The van der Waals surface area contributed by atoms with Crippen molar-refractivity contribution >= 4 is 5.91 Å². The molecular formula is C9H19N3O. The Morgan fingerprint density at radius 2 is 2.31 bits per heavy atom. The molecule has 1 saturated heterocycles. The number of amides is 1. The Bertz CT molecular complexity index is 207. The monoisotopic (exact) mass is 185 g/mol. The lowest BCUT2D eigenvalue weighted by atomic mass is 9.98. The fourth-order valence-electron chi connectivity index (χ4n) is 1.73. The van der Waals surface area contributed by atoms with Gasteiger partial charge in [-0.3, -0.25) is 4.79 Å². The first-order valence-corrected chi connectivity index (χ1v) is 4.72. The minimum Gasteiger partial charge on any atom is -0.344 e. The zero-order valence-electron chi connectivity index (χ0n) is 8.71. The number of carbonyl (C=O) groups excluding carboxylic acids is 1. The van der Waals surface area contributed by atoms with Crippen LogP contribution in [-0.2, 0) is 4.79 Å². The van der Waals surface area contributed by atoms with E-state index in [9.17, 15) is 4.79 Å². The van der Waals surface area contributed by atoms with Crippen LogP contribution in [0, 0.1) is 0 Å². The minimum absolute atomic E-state index is 0.0688. The van der Waals surface area contributed by atoms with Crippen molar-refractivity contribution in [3.8, 4) is 0 Å². The van der Waals surface area contributed by atoms with Crippen LogP contribution in [0.25, 0.3) is 0 Å². The molecule has 0 aromatic rings. The molecule has 0 radical (unpaired) electrons. The maximum Gasteiger partial charge on any atom is 0.243 e. The summed E-state index contributed by atoms with van der Waals surface area (Å²) in [6.07, 6.45) is 0.771. The van der Waals surface area contributed by atoms with Crippen molar-refractivity contribution in [2.24, 2.45) is 5.73 Å². The molecule has 1 aliphatic rings. The first kappa shape index (κ1) is 10.5. The molecule has 1 aliphatic heterocycles. The van der Waals surface area contributed by atoms with Gasteiger partial charge in [-0.05, 0) is 20.4 Å². The van der Waals surface area contributed by atoms with Gasteiger partial charge in [0.2, 0.25) is 5.91 Å². The second kappa shape index (κ2) is 3.64. The molecule has 4 nitrogen and oxygen atoms in total. The van der Waals surface area contributed by atoms with E-state index in [0.717, 1.165) is 19.5 Å². The SMILES string of the molecule is CCN(C)C(=O)C1(N)CCN(C)C1. The van der Waals surface area contributed by atoms with E-state index >= 15 is 0 Å². The summed E-state index contributed by atoms with van der Waals surface area (Å²) in [4.78, 5) is 15.6. The van der Waals surface area contributed by atoms with E-state index in [-0.39, 0.29) is 5.91 Å². The van der Waals surface area contributed by atoms with Gasteiger partial charge in [0.25, 0.3) is 0 Å². The molecule has 0 aliphatic carbocycles. The molecule has 1 amide bonds. The van der Waals surface area contributed by atoms with Crippen molar-refractivity contribution in [1.29, 1.82) is 0 Å². The molecule has 0 aromatic carbocycles. The number of nitrogens with two attached hydrogens (primary N) is 1. The molecule has 76 valence electrons. The van der Waals surface area contributed by atoms with E-state index in [4.69, 9.17) is 5.73 Å². The van der Waals surface area contributed by atoms with Gasteiger partial charge < -0.3 is 15.5 Å². The van der Waals surface area contributed by atoms with Gasteiger partial charge in [0.15, 0.2) is 0 Å². The van der Waals surface area contributed by atoms with Crippen molar-refractivity contribution in [1.82, 2.24) is 9.80 Å². The maximum absolute atomic E-state index is 11.8. The lowest BCUT2D eigenvalue weighted by Gasteiger charge is -2.27. The molecule has 2 N–H and O–H groups in total. The molecule has 1 rings (SSSR count). The van der Waals surface area contributed by atoms with Crippen LogP contribution in [0.4, 0.5) is 0 Å². The third-order valence-corrected chi connectivity index (χ3v) is 2.74. The van der Waals surface area contributed by atoms with Crippen LogP contribution in [0.2, 0.25) is 0 Å². The number of likely N-dealkylation sites (N-methyl/N-ethyl adjacent to an activating group) is 2. The standard InChI is InChI=1S/C9H19N3O/c1-4-12(3)8(13)9(10)5-6-11(2)7-9/h4-7,10H2,1-3H3. The highest BCUT2D eigenvalue weighted by Crippen LogP contribution is 2.19. The molecule has 1 unspecified atom stereocenters. The van der Waals surface area contributed by atoms with Gasteiger partial charge in [-0.1, -0.05) is 0 Å². The quantitative estimate of drug-likeness (QED) is 0.631. The van der Waals surface area contributed by atoms with Gasteiger partial charge >= 0.3 is 0 Å². The molecule has 0 saturated carbocycles. The zero-order valence-corrected chi connectivity index (χ0v) is 8.71. The fraction of sp³-hybridized carbons (Fsp3) is 0.889. The first-order valence-electron chi connectivity index (χ1n) is 4.72. The second-order valence-electron chi connectivity index (χ2n) is 3.96. The maximum atomic E-state index is 11.8. The van der Waals surface area contributed by atoms with Crippen LogP contribution in [-0.4, -0.2) is 55.0 Å². The Hall–Kier alpha value is -0.610. The highest BCUT2D eigenvalue weighted by Gasteiger charge is 2.40. The summed E-state index contributed by atoms with van der Waals surface area (Å²) in [6, 6.07) is 0. The van der Waals surface area contributed by atoms with Crippen molar-refractivity contribution in [3.63, 3.8) is 0 Å². The smallest absolute Gasteiger partial charge is 0.243 e. The van der Waals surface area contributed by atoms with Crippen molar-refractivity contribution in [2.75, 3.05) is 33.7 Å². The Morgan fingerprint density at radius 3 is 2.69 bits per heavy atom. The molecule has 4 heteroatoms. The van der Waals surface area contributed by atoms with Gasteiger partial charge in [-0.2, -0.15) is 0 Å². The first-order chi connectivity index (χ1) is 5.99. The van der Waals surface area contributed by atoms with Crippen LogP contribution in [0.5, 0.6) is 0 Å². The van der Waals surface area contributed by atoms with Gasteiger partial charge in [-0.25, -0.2) is 0 Å². The zero-order chi connectivity index (χ0) is 10.1. The van der Waals surface area contributed by atoms with Crippen LogP contribution in [0.15, 0.2) is 0 Å². The van der Waals surface area contributed by atoms with Crippen LogP contribution in [0.1, 0.15) is 13.3 Å². The van der Waals surface area contributed by atoms with E-state index in [0.29, 0.717) is 6.54 Å². The lowest BCUT2D eigenvalue weighted by molar-refractivity contribution is -0.135. The molecule has 1 atom stereocenters. The number of hydrogen-bond acceptors (Lipinski definition) is 3. The van der Waals surface area contributed by atoms with E-state index in [1.165, 1.54) is 0 Å². The normalized spacial score (nSPS) is 29.2. The second-order valence-corrected chi connectivity index (χ2v) is 3.96. The van der Waals surface area contributed by atoms with Gasteiger partial charge in [0, 0.05) is 26.7 Å². The summed E-state index contributed by atoms with van der Waals surface area (Å²) in [6.45, 7) is 4.28. The Labute approximate surface area is 79.7 Å². The van der Waals surface area contributed by atoms with E-state index in [1.54, 1.807) is 11.9 Å². The third kappa shape index (κ3) is 2.00. The molecule has 0 spiro atoms. The molecular weight excluding hydrogens is 166 g/mol. The molecule has 13 heavy (non-hydrogen) atoms. The van der Waals surface area contributed by atoms with Crippen LogP contribution < -0.4 is 5.73 Å². The average molecular weight is 185 g/mol. The number of rotatable bonds is 2. The highest BCUT2D eigenvalue weighted by atomic mass is 16.2. The predicted molar refractivity (Wildman–Crippen MR) is 52.3 cm³/mol. The van der Waals surface area contributed by atoms with E-state index in [2.05, 4.69) is 4.90 Å². The summed E-state index contributed by atoms with van der Waals surface area (Å²) in [5.41, 5.74) is 5.40. The number of hydrogen-bond donors (Lipinski definition) is 1. The van der Waals surface area contributed by atoms with Crippen molar-refractivity contribution in [3.05, 3.63) is 0 Å². The molecule has 0 bridgehead atoms. The summed E-state index contributed by atoms with van der Waals surface area (Å²) < 4.78 is 0. The lowest BCUT2D eigenvalue weighted by Crippen LogP contribution is -2.55. The Morgan fingerprint density at radius 1 is 1.69 bits per heavy atom. The fourth-order valence-corrected chi connectivity index (χ4v) is 1.73.